The Bertz CT molecular complexity index is 1060. The van der Waals surface area contributed by atoms with Crippen molar-refractivity contribution in [2.75, 3.05) is 5.32 Å². The van der Waals surface area contributed by atoms with E-state index in [1.54, 1.807) is 24.7 Å². The van der Waals surface area contributed by atoms with E-state index in [-0.39, 0.29) is 12.3 Å². The van der Waals surface area contributed by atoms with E-state index < -0.39 is 18.2 Å². The van der Waals surface area contributed by atoms with E-state index in [0.717, 1.165) is 27.6 Å². The Morgan fingerprint density at radius 1 is 1.21 bits per heavy atom. The maximum Gasteiger partial charge on any atom is 0.231 e. The first-order valence-corrected chi connectivity index (χ1v) is 9.32. The number of aliphatic hydroxyl groups is 1. The standard InChI is InChI=1S/C21H21FN4O2/c1-3-19(27)18-4-11(2)15(10-24-18)17-5-12-9-25-20(6-13(12)8-23-17)26-21(28)14-7-16(14)22/h4-6,8-10,14,16,19,27H,3,7H2,1-2H3,(H,25,26,28)/t14-,16+,19?/m0/s1. The van der Waals surface area contributed by atoms with Crippen LogP contribution in [-0.4, -0.2) is 32.1 Å². The molecule has 4 rings (SSSR count). The molecule has 6 nitrogen and oxygen atoms in total. The average Bonchev–Trinajstić information content (AvgIpc) is 3.43. The molecular weight excluding hydrogens is 359 g/mol. The zero-order chi connectivity index (χ0) is 19.8. The van der Waals surface area contributed by atoms with Gasteiger partial charge in [-0.2, -0.15) is 0 Å². The van der Waals surface area contributed by atoms with Crippen LogP contribution in [0.15, 0.2) is 36.8 Å². The molecule has 7 heteroatoms. The van der Waals surface area contributed by atoms with Crippen molar-refractivity contribution in [1.82, 2.24) is 15.0 Å². The van der Waals surface area contributed by atoms with Crippen LogP contribution in [0.4, 0.5) is 10.2 Å². The van der Waals surface area contributed by atoms with Gasteiger partial charge in [-0.1, -0.05) is 6.92 Å². The molecule has 1 fully saturated rings. The summed E-state index contributed by atoms with van der Waals surface area (Å²) in [5, 5.41) is 14.3. The van der Waals surface area contributed by atoms with Crippen molar-refractivity contribution in [3.05, 3.63) is 48.0 Å². The number of hydrogen-bond acceptors (Lipinski definition) is 5. The first kappa shape index (κ1) is 18.4. The highest BCUT2D eigenvalue weighted by molar-refractivity contribution is 5.96. The summed E-state index contributed by atoms with van der Waals surface area (Å²) in [6, 6.07) is 5.51. The van der Waals surface area contributed by atoms with Crippen molar-refractivity contribution < 1.29 is 14.3 Å². The van der Waals surface area contributed by atoms with Crippen molar-refractivity contribution in [3.8, 4) is 11.3 Å². The maximum absolute atomic E-state index is 13.0. The van der Waals surface area contributed by atoms with Crippen molar-refractivity contribution >= 4 is 22.5 Å². The number of rotatable bonds is 5. The van der Waals surface area contributed by atoms with E-state index in [1.165, 1.54) is 0 Å². The van der Waals surface area contributed by atoms with Gasteiger partial charge >= 0.3 is 0 Å². The molecule has 3 aromatic rings. The van der Waals surface area contributed by atoms with E-state index in [1.807, 2.05) is 26.0 Å². The van der Waals surface area contributed by atoms with Crippen LogP contribution in [0.5, 0.6) is 0 Å². The lowest BCUT2D eigenvalue weighted by atomic mass is 10.0. The summed E-state index contributed by atoms with van der Waals surface area (Å²) in [6.45, 7) is 3.87. The number of nitrogens with one attached hydrogen (secondary N) is 1. The average molecular weight is 380 g/mol. The summed E-state index contributed by atoms with van der Waals surface area (Å²) in [5.41, 5.74) is 3.27. The molecule has 0 aliphatic heterocycles. The van der Waals surface area contributed by atoms with Crippen LogP contribution in [0.3, 0.4) is 0 Å². The third-order valence-electron chi connectivity index (χ3n) is 5.04. The fourth-order valence-corrected chi connectivity index (χ4v) is 3.14. The molecule has 1 unspecified atom stereocenters. The summed E-state index contributed by atoms with van der Waals surface area (Å²) < 4.78 is 13.0. The first-order chi connectivity index (χ1) is 13.5. The molecular formula is C21H21FN4O2. The Morgan fingerprint density at radius 3 is 2.61 bits per heavy atom. The zero-order valence-electron chi connectivity index (χ0n) is 15.7. The van der Waals surface area contributed by atoms with Crippen LogP contribution in [0.25, 0.3) is 22.0 Å². The normalized spacial score (nSPS) is 19.4. The van der Waals surface area contributed by atoms with Gasteiger partial charge in [-0.15, -0.1) is 0 Å². The molecule has 0 saturated heterocycles. The Balaban J connectivity index is 1.60. The quantitative estimate of drug-likeness (QED) is 0.704. The number of aliphatic hydroxyl groups excluding tert-OH is 1. The van der Waals surface area contributed by atoms with Gasteiger partial charge in [0.1, 0.15) is 12.0 Å². The summed E-state index contributed by atoms with van der Waals surface area (Å²) in [5.74, 6) is -0.496. The van der Waals surface area contributed by atoms with Gasteiger partial charge in [0.05, 0.1) is 23.4 Å². The van der Waals surface area contributed by atoms with Crippen LogP contribution >= 0.6 is 0 Å². The Hall–Kier alpha value is -2.93. The molecule has 3 atom stereocenters. The largest absolute Gasteiger partial charge is 0.387 e. The van der Waals surface area contributed by atoms with Gasteiger partial charge in [-0.05, 0) is 43.5 Å². The van der Waals surface area contributed by atoms with Crippen LogP contribution in [0.2, 0.25) is 0 Å². The highest BCUT2D eigenvalue weighted by Crippen LogP contribution is 2.34. The first-order valence-electron chi connectivity index (χ1n) is 9.32. The summed E-state index contributed by atoms with van der Waals surface area (Å²) in [7, 11) is 0. The van der Waals surface area contributed by atoms with Gasteiger partial charge in [-0.25, -0.2) is 9.37 Å². The molecule has 3 aromatic heterocycles. The van der Waals surface area contributed by atoms with Crippen molar-refractivity contribution in [3.63, 3.8) is 0 Å². The molecule has 0 radical (unpaired) electrons. The van der Waals surface area contributed by atoms with E-state index in [9.17, 15) is 14.3 Å². The lowest BCUT2D eigenvalue weighted by Gasteiger charge is -2.11. The number of pyridine rings is 3. The smallest absolute Gasteiger partial charge is 0.231 e. The van der Waals surface area contributed by atoms with Gasteiger partial charge in [0.25, 0.3) is 0 Å². The number of carbonyl (C=O) groups excluding carboxylic acids is 1. The molecule has 1 saturated carbocycles. The number of amides is 1. The molecule has 144 valence electrons. The van der Waals surface area contributed by atoms with E-state index in [0.29, 0.717) is 17.9 Å². The molecule has 1 aliphatic carbocycles. The second-order valence-electron chi connectivity index (χ2n) is 7.18. The number of alkyl halides is 1. The minimum Gasteiger partial charge on any atom is -0.387 e. The summed E-state index contributed by atoms with van der Waals surface area (Å²) >= 11 is 0. The summed E-state index contributed by atoms with van der Waals surface area (Å²) in [6.07, 6.45) is 4.38. The number of aromatic nitrogens is 3. The van der Waals surface area contributed by atoms with Crippen molar-refractivity contribution in [2.24, 2.45) is 5.92 Å². The zero-order valence-corrected chi connectivity index (χ0v) is 15.7. The van der Waals surface area contributed by atoms with E-state index in [2.05, 4.69) is 20.3 Å². The lowest BCUT2D eigenvalue weighted by molar-refractivity contribution is -0.117. The second kappa shape index (κ2) is 7.24. The Morgan fingerprint density at radius 2 is 1.93 bits per heavy atom. The number of anilines is 1. The number of halogens is 1. The highest BCUT2D eigenvalue weighted by Gasteiger charge is 2.43. The van der Waals surface area contributed by atoms with E-state index in [4.69, 9.17) is 0 Å². The maximum atomic E-state index is 13.0. The Kier molecular flexibility index (Phi) is 4.77. The number of hydrogen-bond donors (Lipinski definition) is 2. The van der Waals surface area contributed by atoms with Crippen LogP contribution in [0.1, 0.15) is 37.1 Å². The SMILES string of the molecule is CCC(O)c1cc(C)c(-c2cc3cnc(NC(=O)[C@H]4C[C@H]4F)cc3cn2)cn1. The van der Waals surface area contributed by atoms with Crippen LogP contribution in [-0.2, 0) is 4.79 Å². The van der Waals surface area contributed by atoms with Crippen molar-refractivity contribution in [2.45, 2.75) is 39.0 Å². The second-order valence-corrected chi connectivity index (χ2v) is 7.18. The third kappa shape index (κ3) is 3.57. The molecule has 0 aromatic carbocycles. The van der Waals surface area contributed by atoms with Gasteiger partial charge in [0, 0.05) is 34.9 Å². The number of aryl methyl sites for hydroxylation is 1. The molecule has 28 heavy (non-hydrogen) atoms. The molecule has 3 heterocycles. The Labute approximate surface area is 161 Å². The summed E-state index contributed by atoms with van der Waals surface area (Å²) in [4.78, 5) is 25.0. The van der Waals surface area contributed by atoms with Gasteiger partial charge in [-0.3, -0.25) is 14.8 Å². The monoisotopic (exact) mass is 380 g/mol. The minimum atomic E-state index is -1.04. The van der Waals surface area contributed by atoms with Gasteiger partial charge < -0.3 is 10.4 Å². The fraction of sp³-hybridized carbons (Fsp3) is 0.333. The molecule has 1 aliphatic rings. The third-order valence-corrected chi connectivity index (χ3v) is 5.04. The minimum absolute atomic E-state index is 0.284. The van der Waals surface area contributed by atoms with Crippen LogP contribution < -0.4 is 5.32 Å². The highest BCUT2D eigenvalue weighted by atomic mass is 19.1. The van der Waals surface area contributed by atoms with Gasteiger partial charge in [0.15, 0.2) is 0 Å². The number of carbonyl (C=O) groups is 1. The predicted octanol–water partition coefficient (Wildman–Crippen LogP) is 3.74. The molecule has 1 amide bonds. The number of nitrogens with zero attached hydrogens (tertiary/aromatic N) is 3. The topological polar surface area (TPSA) is 88.0 Å². The molecule has 0 spiro atoms. The van der Waals surface area contributed by atoms with E-state index >= 15 is 0 Å². The number of fused-ring (bicyclic) bond motifs is 1. The van der Waals surface area contributed by atoms with Crippen molar-refractivity contribution in [1.29, 1.82) is 0 Å². The molecule has 0 bridgehead atoms. The van der Waals surface area contributed by atoms with Crippen LogP contribution in [0, 0.1) is 12.8 Å². The van der Waals surface area contributed by atoms with Gasteiger partial charge in [0.2, 0.25) is 5.91 Å². The lowest BCUT2D eigenvalue weighted by Crippen LogP contribution is -2.15. The fourth-order valence-electron chi connectivity index (χ4n) is 3.14. The molecule has 2 N–H and O–H groups in total. The predicted molar refractivity (Wildman–Crippen MR) is 104 cm³/mol.